The second-order valence-corrected chi connectivity index (χ2v) is 4.55. The minimum Gasteiger partial charge on any atom is -0.480 e. The van der Waals surface area contributed by atoms with Gasteiger partial charge in [0.25, 0.3) is 5.91 Å². The van der Waals surface area contributed by atoms with Gasteiger partial charge in [-0.2, -0.15) is 0 Å². The van der Waals surface area contributed by atoms with Crippen molar-refractivity contribution >= 4 is 27.8 Å². The summed E-state index contributed by atoms with van der Waals surface area (Å²) in [5.74, 6) is -2.27. The highest BCUT2D eigenvalue weighted by Crippen LogP contribution is 2.20. The summed E-state index contributed by atoms with van der Waals surface area (Å²) < 4.78 is 13.3. The fourth-order valence-corrected chi connectivity index (χ4v) is 1.91. The standard InChI is InChI=1S/C12H13BrFNO3/c1-2-4-9(12(17)18)15-11(16)7-5-3-6-8(14)10(7)13/h3,5-6,9H,2,4H2,1H3,(H,15,16)(H,17,18). The molecule has 0 radical (unpaired) electrons. The average Bonchev–Trinajstić information content (AvgIpc) is 2.31. The van der Waals surface area contributed by atoms with E-state index in [1.807, 2.05) is 6.92 Å². The lowest BCUT2D eigenvalue weighted by molar-refractivity contribution is -0.139. The minimum atomic E-state index is -1.10. The van der Waals surface area contributed by atoms with Crippen LogP contribution in [-0.4, -0.2) is 23.0 Å². The molecule has 1 atom stereocenters. The van der Waals surface area contributed by atoms with Crippen LogP contribution in [0.15, 0.2) is 22.7 Å². The maximum absolute atomic E-state index is 13.2. The van der Waals surface area contributed by atoms with E-state index in [1.165, 1.54) is 18.2 Å². The SMILES string of the molecule is CCCC(NC(=O)c1cccc(F)c1Br)C(=O)O. The van der Waals surface area contributed by atoms with Crippen molar-refractivity contribution in [3.8, 4) is 0 Å². The van der Waals surface area contributed by atoms with Crippen molar-refractivity contribution in [3.05, 3.63) is 34.1 Å². The third kappa shape index (κ3) is 3.53. The molecule has 4 nitrogen and oxygen atoms in total. The molecule has 6 heteroatoms. The molecule has 0 saturated carbocycles. The summed E-state index contributed by atoms with van der Waals surface area (Å²) in [5, 5.41) is 11.3. The molecule has 1 amide bonds. The first-order chi connectivity index (χ1) is 8.47. The number of carboxylic acids is 1. The number of aliphatic carboxylic acids is 1. The van der Waals surface area contributed by atoms with Crippen LogP contribution in [0.2, 0.25) is 0 Å². The third-order valence-corrected chi connectivity index (χ3v) is 3.18. The molecule has 18 heavy (non-hydrogen) atoms. The molecule has 0 saturated heterocycles. The fraction of sp³-hybridized carbons (Fsp3) is 0.333. The number of carboxylic acid groups (broad SMARTS) is 1. The lowest BCUT2D eigenvalue weighted by Gasteiger charge is -2.14. The Morgan fingerprint density at radius 3 is 2.72 bits per heavy atom. The number of hydrogen-bond donors (Lipinski definition) is 2. The second kappa shape index (κ2) is 6.49. The monoisotopic (exact) mass is 317 g/mol. The predicted octanol–water partition coefficient (Wildman–Crippen LogP) is 2.57. The average molecular weight is 318 g/mol. The normalized spacial score (nSPS) is 11.9. The smallest absolute Gasteiger partial charge is 0.326 e. The summed E-state index contributed by atoms with van der Waals surface area (Å²) in [6.07, 6.45) is 0.954. The highest BCUT2D eigenvalue weighted by Gasteiger charge is 2.21. The molecule has 1 aromatic carbocycles. The number of benzene rings is 1. The number of carbonyl (C=O) groups excluding carboxylic acids is 1. The number of carbonyl (C=O) groups is 2. The summed E-state index contributed by atoms with van der Waals surface area (Å²) in [5.41, 5.74) is 0.0809. The van der Waals surface area contributed by atoms with Gasteiger partial charge in [0.15, 0.2) is 0 Å². The second-order valence-electron chi connectivity index (χ2n) is 3.75. The van der Waals surface area contributed by atoms with Gasteiger partial charge in [-0.25, -0.2) is 9.18 Å². The van der Waals surface area contributed by atoms with Crippen molar-refractivity contribution in [2.45, 2.75) is 25.8 Å². The largest absolute Gasteiger partial charge is 0.480 e. The van der Waals surface area contributed by atoms with E-state index in [0.717, 1.165) is 0 Å². The Morgan fingerprint density at radius 1 is 1.50 bits per heavy atom. The van der Waals surface area contributed by atoms with E-state index in [0.29, 0.717) is 12.8 Å². The van der Waals surface area contributed by atoms with E-state index in [1.54, 1.807) is 0 Å². The summed E-state index contributed by atoms with van der Waals surface area (Å²) in [7, 11) is 0. The zero-order chi connectivity index (χ0) is 13.7. The van der Waals surface area contributed by atoms with E-state index in [-0.39, 0.29) is 10.0 Å². The van der Waals surface area contributed by atoms with Crippen LogP contribution >= 0.6 is 15.9 Å². The molecule has 0 heterocycles. The Hall–Kier alpha value is -1.43. The molecule has 0 aliphatic rings. The number of hydrogen-bond acceptors (Lipinski definition) is 2. The van der Waals surface area contributed by atoms with E-state index >= 15 is 0 Å². The van der Waals surface area contributed by atoms with E-state index in [9.17, 15) is 14.0 Å². The molecule has 0 bridgehead atoms. The van der Waals surface area contributed by atoms with E-state index < -0.39 is 23.7 Å². The Balaban J connectivity index is 2.87. The van der Waals surface area contributed by atoms with Crippen LogP contribution in [0.25, 0.3) is 0 Å². The lowest BCUT2D eigenvalue weighted by Crippen LogP contribution is -2.40. The Morgan fingerprint density at radius 2 is 2.17 bits per heavy atom. The number of amides is 1. The maximum atomic E-state index is 13.2. The van der Waals surface area contributed by atoms with Crippen LogP contribution in [0, 0.1) is 5.82 Å². The van der Waals surface area contributed by atoms with Gasteiger partial charge in [0.05, 0.1) is 10.0 Å². The highest BCUT2D eigenvalue weighted by atomic mass is 79.9. The number of rotatable bonds is 5. The molecule has 2 N–H and O–H groups in total. The molecular formula is C12H13BrFNO3. The molecule has 0 aromatic heterocycles. The van der Waals surface area contributed by atoms with Gasteiger partial charge in [-0.3, -0.25) is 4.79 Å². The van der Waals surface area contributed by atoms with Gasteiger partial charge in [-0.1, -0.05) is 19.4 Å². The minimum absolute atomic E-state index is 0.0307. The van der Waals surface area contributed by atoms with Crippen molar-refractivity contribution in [1.29, 1.82) is 0 Å². The summed E-state index contributed by atoms with van der Waals surface area (Å²) in [4.78, 5) is 22.7. The number of nitrogens with one attached hydrogen (secondary N) is 1. The van der Waals surface area contributed by atoms with Crippen LogP contribution in [0.3, 0.4) is 0 Å². The van der Waals surface area contributed by atoms with Gasteiger partial charge < -0.3 is 10.4 Å². The van der Waals surface area contributed by atoms with Crippen LogP contribution in [0.1, 0.15) is 30.1 Å². The van der Waals surface area contributed by atoms with Crippen molar-refractivity contribution in [3.63, 3.8) is 0 Å². The maximum Gasteiger partial charge on any atom is 0.326 e. The summed E-state index contributed by atoms with van der Waals surface area (Å²) >= 11 is 2.96. The molecule has 1 unspecified atom stereocenters. The highest BCUT2D eigenvalue weighted by molar-refractivity contribution is 9.10. The van der Waals surface area contributed by atoms with Gasteiger partial charge >= 0.3 is 5.97 Å². The van der Waals surface area contributed by atoms with Gasteiger partial charge in [0, 0.05) is 0 Å². The van der Waals surface area contributed by atoms with Gasteiger partial charge in [0.1, 0.15) is 11.9 Å². The first kappa shape index (κ1) is 14.6. The molecule has 0 spiro atoms. The molecule has 0 aliphatic heterocycles. The van der Waals surface area contributed by atoms with Crippen molar-refractivity contribution in [2.75, 3.05) is 0 Å². The summed E-state index contributed by atoms with van der Waals surface area (Å²) in [6.45, 7) is 1.82. The molecule has 1 rings (SSSR count). The Bertz CT molecular complexity index is 465. The van der Waals surface area contributed by atoms with Crippen molar-refractivity contribution < 1.29 is 19.1 Å². The van der Waals surface area contributed by atoms with Crippen LogP contribution < -0.4 is 5.32 Å². The first-order valence-corrected chi connectivity index (χ1v) is 6.24. The number of halogens is 2. The predicted molar refractivity (Wildman–Crippen MR) is 67.9 cm³/mol. The van der Waals surface area contributed by atoms with E-state index in [4.69, 9.17) is 5.11 Å². The molecule has 0 fully saturated rings. The van der Waals surface area contributed by atoms with Crippen LogP contribution in [0.5, 0.6) is 0 Å². The summed E-state index contributed by atoms with van der Waals surface area (Å²) in [6, 6.07) is 3.07. The van der Waals surface area contributed by atoms with Crippen LogP contribution in [-0.2, 0) is 4.79 Å². The lowest BCUT2D eigenvalue weighted by atomic mass is 10.1. The molecule has 0 aliphatic carbocycles. The zero-order valence-corrected chi connectivity index (χ0v) is 11.3. The Kier molecular flexibility index (Phi) is 5.27. The topological polar surface area (TPSA) is 66.4 Å². The molecule has 98 valence electrons. The van der Waals surface area contributed by atoms with Gasteiger partial charge in [-0.15, -0.1) is 0 Å². The van der Waals surface area contributed by atoms with Gasteiger partial charge in [0.2, 0.25) is 0 Å². The van der Waals surface area contributed by atoms with Crippen molar-refractivity contribution in [2.24, 2.45) is 0 Å². The van der Waals surface area contributed by atoms with E-state index in [2.05, 4.69) is 21.2 Å². The zero-order valence-electron chi connectivity index (χ0n) is 9.74. The van der Waals surface area contributed by atoms with Crippen molar-refractivity contribution in [1.82, 2.24) is 5.32 Å². The molecule has 1 aromatic rings. The fourth-order valence-electron chi connectivity index (χ4n) is 1.46. The Labute approximate surface area is 112 Å². The van der Waals surface area contributed by atoms with Crippen LogP contribution in [0.4, 0.5) is 4.39 Å². The quantitative estimate of drug-likeness (QED) is 0.877. The third-order valence-electron chi connectivity index (χ3n) is 2.38. The van der Waals surface area contributed by atoms with Gasteiger partial charge in [-0.05, 0) is 34.5 Å². The molecular weight excluding hydrogens is 305 g/mol. The first-order valence-electron chi connectivity index (χ1n) is 5.45.